The number of hydrogen-bond acceptors (Lipinski definition) is 9. The fourth-order valence-electron chi connectivity index (χ4n) is 2.75. The Morgan fingerprint density at radius 3 is 2.68 bits per heavy atom. The highest BCUT2D eigenvalue weighted by Crippen LogP contribution is 2.40. The Morgan fingerprint density at radius 2 is 2.11 bits per heavy atom. The Bertz CT molecular complexity index is 938. The molecule has 0 saturated carbocycles. The molecule has 2 aliphatic heterocycles. The molecule has 5 N–H and O–H groups in total. The van der Waals surface area contributed by atoms with Crippen LogP contribution >= 0.6 is 11.3 Å². The fraction of sp³-hybridized carbons (Fsp3) is 0.455. The Morgan fingerprint density at radius 1 is 1.43 bits per heavy atom. The minimum atomic E-state index is -5.25. The van der Waals surface area contributed by atoms with Crippen LogP contribution in [-0.4, -0.2) is 70.3 Å². The largest absolute Gasteiger partial charge is 0.418 e. The molecule has 0 radical (unpaired) electrons. The van der Waals surface area contributed by atoms with E-state index in [0.29, 0.717) is 4.90 Å². The first kappa shape index (κ1) is 20.1. The van der Waals surface area contributed by atoms with E-state index in [2.05, 4.69) is 9.27 Å². The second kappa shape index (κ2) is 6.76. The van der Waals surface area contributed by atoms with Gasteiger partial charge in [0.2, 0.25) is 0 Å². The van der Waals surface area contributed by atoms with Gasteiger partial charge in [0.15, 0.2) is 5.13 Å². The van der Waals surface area contributed by atoms with Gasteiger partial charge in [-0.2, -0.15) is 13.5 Å². The molecule has 2 fully saturated rings. The second-order valence-electron chi connectivity index (χ2n) is 5.77. The first-order valence-corrected chi connectivity index (χ1v) is 9.59. The predicted octanol–water partition coefficient (Wildman–Crippen LogP) is -1.27. The topological polar surface area (TPSA) is 184 Å². The highest BCUT2D eigenvalue weighted by atomic mass is 32.3. The lowest BCUT2D eigenvalue weighted by molar-refractivity contribution is -0.154. The van der Waals surface area contributed by atoms with Crippen LogP contribution in [0.25, 0.3) is 0 Å². The van der Waals surface area contributed by atoms with Crippen LogP contribution in [0.15, 0.2) is 5.38 Å². The third-order valence-electron chi connectivity index (χ3n) is 3.95. The number of carbonyl (C=O) groups is 3. The zero-order valence-electron chi connectivity index (χ0n) is 13.5. The molecule has 1 aromatic rings. The van der Waals surface area contributed by atoms with Crippen LogP contribution < -0.4 is 16.6 Å². The molecule has 1 aromatic heterocycles. The monoisotopic (exact) mass is 442 g/mol. The molecule has 2 saturated heterocycles. The highest BCUT2D eigenvalue weighted by molar-refractivity contribution is 7.80. The minimum Gasteiger partial charge on any atom is -0.375 e. The zero-order chi connectivity index (χ0) is 20.9. The van der Waals surface area contributed by atoms with E-state index in [0.717, 1.165) is 11.3 Å². The van der Waals surface area contributed by atoms with Crippen molar-refractivity contribution in [3.05, 3.63) is 11.1 Å². The standard InChI is InChI=1S/C11H12F2N6O7S2/c12-11(13)1-5(8(21)17-16-7(20)4-3-27-9(14)15-4)18-2-6(11)19(10(18)22)26-28(23,24)25/h3,5-6H,1-2H2,(H2,14,15)(H,16,20)(H,17,21)(H,23,24,25)/t5-,6-/m0/s1. The van der Waals surface area contributed by atoms with Gasteiger partial charge >= 0.3 is 16.4 Å². The van der Waals surface area contributed by atoms with Crippen molar-refractivity contribution in [2.24, 2.45) is 0 Å². The normalized spacial score (nSPS) is 23.6. The van der Waals surface area contributed by atoms with Gasteiger partial charge in [0.05, 0.1) is 6.54 Å². The van der Waals surface area contributed by atoms with Crippen molar-refractivity contribution >= 4 is 44.7 Å². The SMILES string of the molecule is Nc1nc(C(=O)NNC(=O)[C@@H]2CC(F)(F)[C@@H]3CN2C(=O)N3OS(=O)(=O)O)cs1. The number of piperidine rings is 1. The van der Waals surface area contributed by atoms with Crippen molar-refractivity contribution < 1.29 is 40.4 Å². The summed E-state index contributed by atoms with van der Waals surface area (Å²) >= 11 is 0.961. The van der Waals surface area contributed by atoms with Gasteiger partial charge in [-0.05, 0) is 0 Å². The van der Waals surface area contributed by atoms with E-state index >= 15 is 0 Å². The van der Waals surface area contributed by atoms with Gasteiger partial charge in [0.1, 0.15) is 17.8 Å². The van der Waals surface area contributed by atoms with Gasteiger partial charge in [-0.1, -0.05) is 0 Å². The summed E-state index contributed by atoms with van der Waals surface area (Å²) in [6.07, 6.45) is -1.17. The summed E-state index contributed by atoms with van der Waals surface area (Å²) in [5, 5.41) is 1.19. The molecule has 0 aromatic carbocycles. The number of thiazole rings is 1. The van der Waals surface area contributed by atoms with Gasteiger partial charge in [-0.3, -0.25) is 25.0 Å². The molecule has 2 aliphatic rings. The van der Waals surface area contributed by atoms with Crippen molar-refractivity contribution in [3.63, 3.8) is 0 Å². The van der Waals surface area contributed by atoms with Crippen molar-refractivity contribution in [1.29, 1.82) is 0 Å². The number of amides is 4. The van der Waals surface area contributed by atoms with Crippen LogP contribution in [0.5, 0.6) is 0 Å². The molecule has 0 unspecified atom stereocenters. The number of nitrogens with one attached hydrogen (secondary N) is 2. The summed E-state index contributed by atoms with van der Waals surface area (Å²) in [6, 6.07) is -5.13. The van der Waals surface area contributed by atoms with Crippen LogP contribution in [0.4, 0.5) is 18.7 Å². The van der Waals surface area contributed by atoms with E-state index in [-0.39, 0.29) is 15.9 Å². The number of urea groups is 1. The fourth-order valence-corrected chi connectivity index (χ4v) is 3.66. The predicted molar refractivity (Wildman–Crippen MR) is 85.8 cm³/mol. The number of hydrazine groups is 1. The maximum absolute atomic E-state index is 14.3. The summed E-state index contributed by atoms with van der Waals surface area (Å²) in [6.45, 7) is -0.740. The molecule has 154 valence electrons. The summed E-state index contributed by atoms with van der Waals surface area (Å²) < 4.78 is 62.8. The number of halogens is 2. The second-order valence-corrected chi connectivity index (χ2v) is 7.67. The van der Waals surface area contributed by atoms with Gasteiger partial charge < -0.3 is 10.6 Å². The molecule has 28 heavy (non-hydrogen) atoms. The number of nitrogens with zero attached hydrogens (tertiary/aromatic N) is 3. The van der Waals surface area contributed by atoms with Crippen LogP contribution in [0.3, 0.4) is 0 Å². The number of carbonyl (C=O) groups excluding carboxylic acids is 3. The van der Waals surface area contributed by atoms with E-state index < -0.39 is 59.2 Å². The van der Waals surface area contributed by atoms with Crippen LogP contribution in [0.1, 0.15) is 16.9 Å². The molecular formula is C11H12F2N6O7S2. The molecule has 13 nitrogen and oxygen atoms in total. The van der Waals surface area contributed by atoms with Crippen molar-refractivity contribution in [3.8, 4) is 0 Å². The Kier molecular flexibility index (Phi) is 4.86. The maximum atomic E-state index is 14.3. The van der Waals surface area contributed by atoms with Crippen LogP contribution in [0.2, 0.25) is 0 Å². The summed E-state index contributed by atoms with van der Waals surface area (Å²) in [5.41, 5.74) is 9.09. The maximum Gasteiger partial charge on any atom is 0.418 e. The average molecular weight is 442 g/mol. The van der Waals surface area contributed by atoms with Gasteiger partial charge in [0.25, 0.3) is 17.7 Å². The molecule has 3 rings (SSSR count). The minimum absolute atomic E-state index is 0.0935. The van der Waals surface area contributed by atoms with E-state index in [4.69, 9.17) is 10.3 Å². The van der Waals surface area contributed by atoms with Gasteiger partial charge in [-0.25, -0.2) is 18.6 Å². The zero-order valence-corrected chi connectivity index (χ0v) is 15.2. The molecule has 0 aliphatic carbocycles. The molecule has 2 atom stereocenters. The number of rotatable bonds is 4. The Balaban J connectivity index is 1.71. The number of aromatic nitrogens is 1. The van der Waals surface area contributed by atoms with E-state index in [9.17, 15) is 31.6 Å². The van der Waals surface area contributed by atoms with Crippen LogP contribution in [-0.2, 0) is 19.5 Å². The summed E-state index contributed by atoms with van der Waals surface area (Å²) in [5.74, 6) is -5.74. The number of hydrogen-bond donors (Lipinski definition) is 4. The number of nitrogens with two attached hydrogens (primary N) is 1. The van der Waals surface area contributed by atoms with Crippen molar-refractivity contribution in [1.82, 2.24) is 25.8 Å². The lowest BCUT2D eigenvalue weighted by Crippen LogP contribution is -2.58. The molecule has 3 heterocycles. The number of alkyl halides is 2. The molecular weight excluding hydrogens is 430 g/mol. The molecule has 0 spiro atoms. The average Bonchev–Trinajstić information content (AvgIpc) is 3.12. The first-order chi connectivity index (χ1) is 12.9. The smallest absolute Gasteiger partial charge is 0.375 e. The van der Waals surface area contributed by atoms with Crippen molar-refractivity contribution in [2.45, 2.75) is 24.4 Å². The number of nitrogen functional groups attached to an aromatic ring is 1. The quantitative estimate of drug-likeness (QED) is 0.326. The first-order valence-electron chi connectivity index (χ1n) is 7.35. The molecule has 4 amide bonds. The number of hydroxylamine groups is 2. The molecule has 17 heteroatoms. The van der Waals surface area contributed by atoms with E-state index in [1.807, 2.05) is 10.9 Å². The van der Waals surface area contributed by atoms with E-state index in [1.54, 1.807) is 0 Å². The molecule has 2 bridgehead atoms. The third kappa shape index (κ3) is 3.81. The number of anilines is 1. The lowest BCUT2D eigenvalue weighted by atomic mass is 9.96. The van der Waals surface area contributed by atoms with Gasteiger partial charge in [-0.15, -0.1) is 15.6 Å². The van der Waals surface area contributed by atoms with Gasteiger partial charge in [0, 0.05) is 11.8 Å². The highest BCUT2D eigenvalue weighted by Gasteiger charge is 2.62. The Labute approximate surface area is 159 Å². The third-order valence-corrected chi connectivity index (χ3v) is 4.97. The summed E-state index contributed by atoms with van der Waals surface area (Å²) in [4.78, 5) is 40.5. The Hall–Kier alpha value is -2.63. The summed E-state index contributed by atoms with van der Waals surface area (Å²) in [7, 11) is -5.25. The van der Waals surface area contributed by atoms with E-state index in [1.165, 1.54) is 5.38 Å². The number of fused-ring (bicyclic) bond motifs is 2. The van der Waals surface area contributed by atoms with Crippen LogP contribution in [0, 0.1) is 0 Å². The lowest BCUT2D eigenvalue weighted by Gasteiger charge is -2.34. The van der Waals surface area contributed by atoms with Crippen molar-refractivity contribution in [2.75, 3.05) is 12.3 Å².